The van der Waals surface area contributed by atoms with Gasteiger partial charge < -0.3 is 9.47 Å². The summed E-state index contributed by atoms with van der Waals surface area (Å²) >= 11 is 7.32. The van der Waals surface area contributed by atoms with E-state index in [-0.39, 0.29) is 23.2 Å². The number of rotatable bonds is 7. The maximum atomic E-state index is 12.3. The summed E-state index contributed by atoms with van der Waals surface area (Å²) in [6, 6.07) is 11.1. The van der Waals surface area contributed by atoms with Crippen molar-refractivity contribution in [2.45, 2.75) is 13.5 Å². The summed E-state index contributed by atoms with van der Waals surface area (Å²) in [7, 11) is 1.53. The second kappa shape index (κ2) is 8.89. The van der Waals surface area contributed by atoms with Gasteiger partial charge in [0.25, 0.3) is 5.69 Å². The number of benzene rings is 2. The van der Waals surface area contributed by atoms with Gasteiger partial charge in [0.15, 0.2) is 5.13 Å². The molecule has 0 N–H and O–H groups in total. The quantitative estimate of drug-likeness (QED) is 0.385. The zero-order valence-electron chi connectivity index (χ0n) is 15.5. The SMILES string of the molecule is COc1ccccc1N(C(C)=O)c1nc(COc2ccc([N+](=O)[O-])cc2Cl)cs1. The Morgan fingerprint density at radius 3 is 2.69 bits per heavy atom. The molecule has 150 valence electrons. The molecule has 0 unspecified atom stereocenters. The highest BCUT2D eigenvalue weighted by molar-refractivity contribution is 7.14. The number of non-ortho nitro benzene ring substituents is 1. The normalized spacial score (nSPS) is 10.4. The monoisotopic (exact) mass is 433 g/mol. The van der Waals surface area contributed by atoms with Crippen LogP contribution < -0.4 is 14.4 Å². The van der Waals surface area contributed by atoms with Crippen LogP contribution in [-0.4, -0.2) is 22.9 Å². The minimum absolute atomic E-state index is 0.0890. The van der Waals surface area contributed by atoms with Gasteiger partial charge in [-0.15, -0.1) is 11.3 Å². The fraction of sp³-hybridized carbons (Fsp3) is 0.158. The highest BCUT2D eigenvalue weighted by Crippen LogP contribution is 2.36. The van der Waals surface area contributed by atoms with E-state index in [0.717, 1.165) is 0 Å². The molecule has 0 atom stereocenters. The van der Waals surface area contributed by atoms with Crippen LogP contribution in [0.25, 0.3) is 0 Å². The van der Waals surface area contributed by atoms with E-state index < -0.39 is 4.92 Å². The second-order valence-electron chi connectivity index (χ2n) is 5.81. The fourth-order valence-electron chi connectivity index (χ4n) is 2.56. The molecule has 0 aliphatic heterocycles. The topological polar surface area (TPSA) is 94.8 Å². The predicted molar refractivity (Wildman–Crippen MR) is 110 cm³/mol. The van der Waals surface area contributed by atoms with E-state index in [1.807, 2.05) is 12.1 Å². The van der Waals surface area contributed by atoms with Gasteiger partial charge in [-0.1, -0.05) is 23.7 Å². The van der Waals surface area contributed by atoms with E-state index >= 15 is 0 Å². The van der Waals surface area contributed by atoms with E-state index in [2.05, 4.69) is 4.98 Å². The molecule has 0 spiro atoms. The number of halogens is 1. The smallest absolute Gasteiger partial charge is 0.271 e. The average molecular weight is 434 g/mol. The molecule has 3 aromatic rings. The molecule has 29 heavy (non-hydrogen) atoms. The number of nitro benzene ring substituents is 1. The molecular weight excluding hydrogens is 418 g/mol. The van der Waals surface area contributed by atoms with Gasteiger partial charge in [-0.3, -0.25) is 19.8 Å². The second-order valence-corrected chi connectivity index (χ2v) is 7.05. The Hall–Kier alpha value is -3.17. The summed E-state index contributed by atoms with van der Waals surface area (Å²) in [6.07, 6.45) is 0. The first-order valence-corrected chi connectivity index (χ1v) is 9.61. The Bertz CT molecular complexity index is 1060. The summed E-state index contributed by atoms with van der Waals surface area (Å²) in [6.45, 7) is 1.53. The molecule has 1 amide bonds. The number of nitro groups is 1. The highest BCUT2D eigenvalue weighted by Gasteiger charge is 2.21. The van der Waals surface area contributed by atoms with Crippen LogP contribution in [-0.2, 0) is 11.4 Å². The molecular formula is C19H16ClN3O5S. The van der Waals surface area contributed by atoms with Crippen molar-refractivity contribution < 1.29 is 19.2 Å². The van der Waals surface area contributed by atoms with Gasteiger partial charge in [-0.2, -0.15) is 0 Å². The van der Waals surface area contributed by atoms with Crippen LogP contribution in [0.2, 0.25) is 5.02 Å². The molecule has 2 aromatic carbocycles. The number of methoxy groups -OCH3 is 1. The van der Waals surface area contributed by atoms with E-state index in [1.54, 1.807) is 17.5 Å². The summed E-state index contributed by atoms with van der Waals surface area (Å²) < 4.78 is 11.0. The Morgan fingerprint density at radius 1 is 1.28 bits per heavy atom. The molecule has 0 saturated heterocycles. The summed E-state index contributed by atoms with van der Waals surface area (Å²) in [5, 5.41) is 13.1. The molecule has 0 aliphatic carbocycles. The maximum absolute atomic E-state index is 12.3. The largest absolute Gasteiger partial charge is 0.495 e. The average Bonchev–Trinajstić information content (AvgIpc) is 3.15. The number of ether oxygens (including phenoxy) is 2. The first kappa shape index (κ1) is 20.6. The number of amides is 1. The molecule has 0 fully saturated rings. The first-order valence-electron chi connectivity index (χ1n) is 8.35. The van der Waals surface area contributed by atoms with Gasteiger partial charge in [0, 0.05) is 24.4 Å². The lowest BCUT2D eigenvalue weighted by molar-refractivity contribution is -0.384. The van der Waals surface area contributed by atoms with E-state index in [1.165, 1.54) is 48.5 Å². The number of hydrogen-bond acceptors (Lipinski definition) is 7. The van der Waals surface area contributed by atoms with Crippen molar-refractivity contribution in [3.8, 4) is 11.5 Å². The number of carbonyl (C=O) groups excluding carboxylic acids is 1. The Kier molecular flexibility index (Phi) is 6.30. The highest BCUT2D eigenvalue weighted by atomic mass is 35.5. The van der Waals surface area contributed by atoms with Crippen molar-refractivity contribution in [3.05, 3.63) is 68.7 Å². The zero-order valence-corrected chi connectivity index (χ0v) is 17.1. The van der Waals surface area contributed by atoms with Crippen molar-refractivity contribution in [3.63, 3.8) is 0 Å². The van der Waals surface area contributed by atoms with E-state index in [9.17, 15) is 14.9 Å². The van der Waals surface area contributed by atoms with Crippen LogP contribution in [0.4, 0.5) is 16.5 Å². The van der Waals surface area contributed by atoms with E-state index in [4.69, 9.17) is 21.1 Å². The van der Waals surface area contributed by atoms with Crippen LogP contribution in [0.15, 0.2) is 47.8 Å². The third-order valence-corrected chi connectivity index (χ3v) is 5.04. The summed E-state index contributed by atoms with van der Waals surface area (Å²) in [4.78, 5) is 28.4. The molecule has 0 aliphatic rings. The Morgan fingerprint density at radius 2 is 2.03 bits per heavy atom. The number of hydrogen-bond donors (Lipinski definition) is 0. The minimum atomic E-state index is -0.531. The summed E-state index contributed by atoms with van der Waals surface area (Å²) in [5.41, 5.74) is 1.05. The minimum Gasteiger partial charge on any atom is -0.495 e. The third-order valence-electron chi connectivity index (χ3n) is 3.87. The van der Waals surface area contributed by atoms with Crippen molar-refractivity contribution in [1.29, 1.82) is 0 Å². The van der Waals surface area contributed by atoms with Crippen LogP contribution >= 0.6 is 22.9 Å². The van der Waals surface area contributed by atoms with Gasteiger partial charge in [0.2, 0.25) is 5.91 Å². The van der Waals surface area contributed by atoms with Crippen LogP contribution in [0.3, 0.4) is 0 Å². The van der Waals surface area contributed by atoms with E-state index in [0.29, 0.717) is 28.0 Å². The van der Waals surface area contributed by atoms with Crippen molar-refractivity contribution in [1.82, 2.24) is 4.98 Å². The standard InChI is InChI=1S/C19H16ClN3O5S/c1-12(24)22(16-5-3-4-6-18(16)27-2)19-21-13(11-29-19)10-28-17-8-7-14(23(25)26)9-15(17)20/h3-9,11H,10H2,1-2H3. The molecule has 0 radical (unpaired) electrons. The van der Waals surface area contributed by atoms with Gasteiger partial charge >= 0.3 is 0 Å². The number of para-hydroxylation sites is 2. The zero-order chi connectivity index (χ0) is 21.0. The van der Waals surface area contributed by atoms with Gasteiger partial charge in [-0.05, 0) is 18.2 Å². The molecule has 0 saturated carbocycles. The van der Waals surface area contributed by atoms with Crippen LogP contribution in [0.5, 0.6) is 11.5 Å². The lowest BCUT2D eigenvalue weighted by atomic mass is 10.2. The molecule has 0 bridgehead atoms. The van der Waals surface area contributed by atoms with Crippen LogP contribution in [0.1, 0.15) is 12.6 Å². The third kappa shape index (κ3) is 4.64. The first-order chi connectivity index (χ1) is 13.9. The Balaban J connectivity index is 1.79. The number of aromatic nitrogens is 1. The molecule has 1 aromatic heterocycles. The van der Waals surface area contributed by atoms with Gasteiger partial charge in [0.1, 0.15) is 18.1 Å². The molecule has 3 rings (SSSR count). The Labute approximate surface area is 175 Å². The van der Waals surface area contributed by atoms with Gasteiger partial charge in [-0.25, -0.2) is 4.98 Å². The van der Waals surface area contributed by atoms with Crippen molar-refractivity contribution >= 4 is 45.4 Å². The number of carbonyl (C=O) groups is 1. The van der Waals surface area contributed by atoms with Gasteiger partial charge in [0.05, 0.1) is 28.4 Å². The lowest BCUT2D eigenvalue weighted by Gasteiger charge is -2.20. The molecule has 1 heterocycles. The number of nitrogens with zero attached hydrogens (tertiary/aromatic N) is 3. The molecule has 8 nitrogen and oxygen atoms in total. The van der Waals surface area contributed by atoms with Crippen molar-refractivity contribution in [2.24, 2.45) is 0 Å². The fourth-order valence-corrected chi connectivity index (χ4v) is 3.65. The predicted octanol–water partition coefficient (Wildman–Crippen LogP) is 4.98. The van der Waals surface area contributed by atoms with Crippen molar-refractivity contribution in [2.75, 3.05) is 12.0 Å². The maximum Gasteiger partial charge on any atom is 0.271 e. The number of thiazole rings is 1. The summed E-state index contributed by atoms with van der Waals surface area (Å²) in [5.74, 6) is 0.642. The molecule has 10 heteroatoms. The van der Waals surface area contributed by atoms with Crippen LogP contribution in [0, 0.1) is 10.1 Å². The lowest BCUT2D eigenvalue weighted by Crippen LogP contribution is -2.23. The number of anilines is 2.